The number of thioether (sulfide) groups is 1. The van der Waals surface area contributed by atoms with E-state index in [1.54, 1.807) is 28.9 Å². The second-order valence-electron chi connectivity index (χ2n) is 6.91. The summed E-state index contributed by atoms with van der Waals surface area (Å²) in [6, 6.07) is 16.6. The molecule has 2 heterocycles. The van der Waals surface area contributed by atoms with Gasteiger partial charge in [0, 0.05) is 5.69 Å². The van der Waals surface area contributed by atoms with Gasteiger partial charge in [0.25, 0.3) is 5.91 Å². The van der Waals surface area contributed by atoms with Crippen LogP contribution in [0.3, 0.4) is 0 Å². The Hall–Kier alpha value is -3.59. The summed E-state index contributed by atoms with van der Waals surface area (Å²) in [4.78, 5) is 12.6. The molecule has 8 nitrogen and oxygen atoms in total. The molecule has 0 radical (unpaired) electrons. The van der Waals surface area contributed by atoms with Crippen molar-refractivity contribution in [1.82, 2.24) is 20.2 Å². The van der Waals surface area contributed by atoms with E-state index in [0.29, 0.717) is 16.6 Å². The van der Waals surface area contributed by atoms with Crippen LogP contribution in [0.2, 0.25) is 0 Å². The van der Waals surface area contributed by atoms with Gasteiger partial charge in [-0.1, -0.05) is 35.5 Å². The fraction of sp³-hybridized carbons (Fsp3) is 0.182. The van der Waals surface area contributed by atoms with Crippen LogP contribution in [0.1, 0.15) is 27.4 Å². The Balaban J connectivity index is 1.42. The highest BCUT2D eigenvalue weighted by Crippen LogP contribution is 2.22. The number of carbonyl (C=O) groups excluding carboxylic acids is 1. The number of aromatic nitrogens is 4. The molecule has 2 aromatic carbocycles. The molecule has 1 N–H and O–H groups in total. The number of benzene rings is 2. The molecule has 0 spiro atoms. The predicted octanol–water partition coefficient (Wildman–Crippen LogP) is 4.43. The molecule has 0 unspecified atom stereocenters. The van der Waals surface area contributed by atoms with E-state index in [4.69, 9.17) is 9.15 Å². The maximum absolute atomic E-state index is 12.6. The number of furan rings is 1. The maximum Gasteiger partial charge on any atom is 0.291 e. The largest absolute Gasteiger partial charge is 0.485 e. The van der Waals surface area contributed by atoms with Crippen molar-refractivity contribution in [2.75, 3.05) is 11.6 Å². The monoisotopic (exact) mass is 435 g/mol. The van der Waals surface area contributed by atoms with Crippen LogP contribution in [-0.4, -0.2) is 32.4 Å². The number of carbonyl (C=O) groups is 1. The standard InChI is InChI=1S/C22H21N5O3S/c1-14-7-9-19(15(2)11-14)29-13-18-8-10-20(30-18)21(28)23-16-5-4-6-17(12-16)27-22(31-3)24-25-26-27/h4-12H,13H2,1-3H3,(H,23,28). The molecule has 0 aliphatic rings. The first-order valence-electron chi connectivity index (χ1n) is 9.56. The predicted molar refractivity (Wildman–Crippen MR) is 118 cm³/mol. The lowest BCUT2D eigenvalue weighted by Gasteiger charge is -2.08. The quantitative estimate of drug-likeness (QED) is 0.429. The van der Waals surface area contributed by atoms with Crippen LogP contribution in [0, 0.1) is 13.8 Å². The van der Waals surface area contributed by atoms with Gasteiger partial charge in [-0.25, -0.2) is 0 Å². The lowest BCUT2D eigenvalue weighted by molar-refractivity contribution is 0.0992. The second-order valence-corrected chi connectivity index (χ2v) is 7.68. The first-order chi connectivity index (χ1) is 15.0. The number of amides is 1. The summed E-state index contributed by atoms with van der Waals surface area (Å²) in [6.45, 7) is 4.27. The zero-order valence-electron chi connectivity index (χ0n) is 17.3. The molecule has 0 aliphatic heterocycles. The smallest absolute Gasteiger partial charge is 0.291 e. The molecule has 0 bridgehead atoms. The van der Waals surface area contributed by atoms with E-state index in [1.165, 1.54) is 17.3 Å². The molecule has 0 fully saturated rings. The number of nitrogens with zero attached hydrogens (tertiary/aromatic N) is 4. The molecule has 158 valence electrons. The maximum atomic E-state index is 12.6. The van der Waals surface area contributed by atoms with Crippen LogP contribution in [-0.2, 0) is 6.61 Å². The van der Waals surface area contributed by atoms with E-state index < -0.39 is 0 Å². The van der Waals surface area contributed by atoms with Crippen LogP contribution in [0.4, 0.5) is 5.69 Å². The number of anilines is 1. The molecule has 9 heteroatoms. The van der Waals surface area contributed by atoms with Crippen LogP contribution in [0.15, 0.2) is 64.2 Å². The molecular weight excluding hydrogens is 414 g/mol. The van der Waals surface area contributed by atoms with Crippen molar-refractivity contribution in [2.24, 2.45) is 0 Å². The summed E-state index contributed by atoms with van der Waals surface area (Å²) in [6.07, 6.45) is 1.90. The minimum absolute atomic E-state index is 0.205. The average Bonchev–Trinajstić information content (AvgIpc) is 3.43. The summed E-state index contributed by atoms with van der Waals surface area (Å²) in [7, 11) is 0. The lowest BCUT2D eigenvalue weighted by atomic mass is 10.1. The van der Waals surface area contributed by atoms with Gasteiger partial charge in [0.2, 0.25) is 5.16 Å². The molecule has 4 rings (SSSR count). The molecule has 0 saturated carbocycles. The minimum atomic E-state index is -0.350. The van der Waals surface area contributed by atoms with Gasteiger partial charge < -0.3 is 14.5 Å². The van der Waals surface area contributed by atoms with E-state index in [1.807, 2.05) is 44.4 Å². The van der Waals surface area contributed by atoms with E-state index in [-0.39, 0.29) is 18.3 Å². The van der Waals surface area contributed by atoms with Gasteiger partial charge in [0.1, 0.15) is 18.1 Å². The van der Waals surface area contributed by atoms with E-state index in [2.05, 4.69) is 26.9 Å². The Labute approximate surface area is 183 Å². The number of aryl methyl sites for hydroxylation is 2. The highest BCUT2D eigenvalue weighted by Gasteiger charge is 2.14. The van der Waals surface area contributed by atoms with Crippen LogP contribution >= 0.6 is 11.8 Å². The van der Waals surface area contributed by atoms with Crippen molar-refractivity contribution in [3.05, 3.63) is 77.2 Å². The first-order valence-corrected chi connectivity index (χ1v) is 10.8. The number of nitrogens with one attached hydrogen (secondary N) is 1. The second kappa shape index (κ2) is 9.05. The van der Waals surface area contributed by atoms with Gasteiger partial charge in [-0.2, -0.15) is 4.68 Å². The summed E-state index contributed by atoms with van der Waals surface area (Å²) >= 11 is 1.43. The van der Waals surface area contributed by atoms with E-state index in [9.17, 15) is 4.79 Å². The third kappa shape index (κ3) is 4.77. The third-order valence-electron chi connectivity index (χ3n) is 4.56. The SMILES string of the molecule is CSc1nnnn1-c1cccc(NC(=O)c2ccc(COc3ccc(C)cc3C)o2)c1. The van der Waals surface area contributed by atoms with Crippen molar-refractivity contribution >= 4 is 23.4 Å². The van der Waals surface area contributed by atoms with Gasteiger partial charge in [0.15, 0.2) is 5.76 Å². The number of hydrogen-bond acceptors (Lipinski definition) is 7. The molecular formula is C22H21N5O3S. The van der Waals surface area contributed by atoms with Crippen molar-refractivity contribution in [1.29, 1.82) is 0 Å². The topological polar surface area (TPSA) is 95.1 Å². The number of hydrogen-bond donors (Lipinski definition) is 1. The van der Waals surface area contributed by atoms with Crippen molar-refractivity contribution in [3.63, 3.8) is 0 Å². The zero-order chi connectivity index (χ0) is 21.8. The molecule has 0 atom stereocenters. The molecule has 0 saturated heterocycles. The van der Waals surface area contributed by atoms with Gasteiger partial charge in [-0.05, 0) is 72.5 Å². The average molecular weight is 436 g/mol. The Morgan fingerprint density at radius 3 is 2.84 bits per heavy atom. The zero-order valence-corrected chi connectivity index (χ0v) is 18.1. The fourth-order valence-electron chi connectivity index (χ4n) is 3.06. The first kappa shape index (κ1) is 20.7. The Kier molecular flexibility index (Phi) is 6.03. The van der Waals surface area contributed by atoms with Crippen LogP contribution < -0.4 is 10.1 Å². The highest BCUT2D eigenvalue weighted by molar-refractivity contribution is 7.98. The van der Waals surface area contributed by atoms with Crippen molar-refractivity contribution < 1.29 is 13.9 Å². The Bertz CT molecular complexity index is 1220. The molecule has 31 heavy (non-hydrogen) atoms. The third-order valence-corrected chi connectivity index (χ3v) is 5.18. The van der Waals surface area contributed by atoms with Gasteiger partial charge in [-0.3, -0.25) is 4.79 Å². The number of ether oxygens (including phenoxy) is 1. The summed E-state index contributed by atoms with van der Waals surface area (Å²) in [5, 5.41) is 15.1. The Morgan fingerprint density at radius 2 is 2.03 bits per heavy atom. The summed E-state index contributed by atoms with van der Waals surface area (Å²) in [5.74, 6) is 1.21. The lowest BCUT2D eigenvalue weighted by Crippen LogP contribution is -2.11. The molecule has 1 amide bonds. The van der Waals surface area contributed by atoms with Crippen LogP contribution in [0.25, 0.3) is 5.69 Å². The van der Waals surface area contributed by atoms with E-state index in [0.717, 1.165) is 17.0 Å². The number of rotatable bonds is 7. The Morgan fingerprint density at radius 1 is 1.16 bits per heavy atom. The van der Waals surface area contributed by atoms with Crippen molar-refractivity contribution in [3.8, 4) is 11.4 Å². The van der Waals surface area contributed by atoms with Gasteiger partial charge in [-0.15, -0.1) is 5.10 Å². The van der Waals surface area contributed by atoms with Gasteiger partial charge >= 0.3 is 0 Å². The minimum Gasteiger partial charge on any atom is -0.485 e. The van der Waals surface area contributed by atoms with Crippen molar-refractivity contribution in [2.45, 2.75) is 25.6 Å². The fourth-order valence-corrected chi connectivity index (χ4v) is 3.50. The normalized spacial score (nSPS) is 10.8. The summed E-state index contributed by atoms with van der Waals surface area (Å²) in [5.41, 5.74) is 3.58. The molecule has 2 aromatic heterocycles. The number of tetrazole rings is 1. The summed E-state index contributed by atoms with van der Waals surface area (Å²) < 4.78 is 13.1. The highest BCUT2D eigenvalue weighted by atomic mass is 32.2. The molecule has 4 aromatic rings. The van der Waals surface area contributed by atoms with Gasteiger partial charge in [0.05, 0.1) is 5.69 Å². The van der Waals surface area contributed by atoms with Crippen LogP contribution in [0.5, 0.6) is 5.75 Å². The molecule has 0 aliphatic carbocycles. The van der Waals surface area contributed by atoms with E-state index >= 15 is 0 Å².